The van der Waals surface area contributed by atoms with Gasteiger partial charge in [-0.2, -0.15) is 0 Å². The molecule has 6 heteroatoms. The van der Waals surface area contributed by atoms with Crippen LogP contribution in [0.3, 0.4) is 0 Å². The van der Waals surface area contributed by atoms with Crippen LogP contribution in [0.15, 0.2) is 121 Å². The van der Waals surface area contributed by atoms with Crippen LogP contribution in [0.1, 0.15) is 23.5 Å². The van der Waals surface area contributed by atoms with Gasteiger partial charge in [0.25, 0.3) is 0 Å². The summed E-state index contributed by atoms with van der Waals surface area (Å²) in [6, 6.07) is 43.0. The smallest absolute Gasteiger partial charge is 0.173 e. The lowest BCUT2D eigenvalue weighted by Gasteiger charge is -2.57. The number of rotatable bonds is 4. The van der Waals surface area contributed by atoms with Gasteiger partial charge < -0.3 is 10.6 Å². The second-order valence-corrected chi connectivity index (χ2v) is 10.1. The van der Waals surface area contributed by atoms with Gasteiger partial charge in [0.1, 0.15) is 6.42 Å². The van der Waals surface area contributed by atoms with Crippen LogP contribution in [0.4, 0.5) is 11.4 Å². The Morgan fingerprint density at radius 2 is 0.868 bits per heavy atom. The van der Waals surface area contributed by atoms with E-state index in [2.05, 4.69) is 166 Å². The zero-order valence-corrected chi connectivity index (χ0v) is 21.1. The summed E-state index contributed by atoms with van der Waals surface area (Å²) in [6.45, 7) is 0. The maximum atomic E-state index is 3.90. The van der Waals surface area contributed by atoms with E-state index in [1.54, 1.807) is 0 Å². The second kappa shape index (κ2) is 10.2. The maximum Gasteiger partial charge on any atom is 0.173 e. The zero-order chi connectivity index (χ0) is 25.3. The molecule has 6 unspecified atom stereocenters. The number of nitrogens with one attached hydrogen (secondary N) is 4. The maximum absolute atomic E-state index is 3.90. The summed E-state index contributed by atoms with van der Waals surface area (Å²) in [6.07, 6.45) is 4.93. The molecule has 6 atom stereocenters. The summed E-state index contributed by atoms with van der Waals surface area (Å²) in [5.74, 6) is 0. The molecular formula is C32H32N6. The van der Waals surface area contributed by atoms with Crippen LogP contribution in [0.5, 0.6) is 0 Å². The van der Waals surface area contributed by atoms with Crippen molar-refractivity contribution in [3.63, 3.8) is 0 Å². The highest BCUT2D eigenvalue weighted by Crippen LogP contribution is 2.37. The van der Waals surface area contributed by atoms with Crippen molar-refractivity contribution in [1.29, 1.82) is 0 Å². The first-order valence-corrected chi connectivity index (χ1v) is 13.4. The van der Waals surface area contributed by atoms with Crippen molar-refractivity contribution < 1.29 is 0 Å². The highest BCUT2D eigenvalue weighted by Gasteiger charge is 2.50. The third kappa shape index (κ3) is 4.42. The van der Waals surface area contributed by atoms with E-state index in [9.17, 15) is 0 Å². The minimum Gasteiger partial charge on any atom is -0.317 e. The molecule has 2 saturated heterocycles. The van der Waals surface area contributed by atoms with Gasteiger partial charge in [0, 0.05) is 0 Å². The van der Waals surface area contributed by atoms with E-state index in [1.807, 2.05) is 0 Å². The fourth-order valence-corrected chi connectivity index (χ4v) is 5.91. The van der Waals surface area contributed by atoms with Crippen molar-refractivity contribution in [2.24, 2.45) is 0 Å². The molecule has 0 radical (unpaired) electrons. The molecule has 4 aromatic rings. The van der Waals surface area contributed by atoms with E-state index < -0.39 is 0 Å². The molecule has 4 N–H and O–H groups in total. The van der Waals surface area contributed by atoms with E-state index in [1.165, 1.54) is 11.1 Å². The summed E-state index contributed by atoms with van der Waals surface area (Å²) in [4.78, 5) is 0. The molecule has 0 aromatic heterocycles. The van der Waals surface area contributed by atoms with Gasteiger partial charge in [-0.05, 0) is 47.5 Å². The van der Waals surface area contributed by atoms with Crippen molar-refractivity contribution in [2.45, 2.75) is 36.5 Å². The molecule has 1 saturated carbocycles. The molecule has 7 rings (SSSR count). The van der Waals surface area contributed by atoms with Crippen molar-refractivity contribution in [3.8, 4) is 0 Å². The monoisotopic (exact) mass is 500 g/mol. The van der Waals surface area contributed by atoms with Crippen LogP contribution >= 0.6 is 0 Å². The van der Waals surface area contributed by atoms with Gasteiger partial charge in [-0.25, -0.2) is 10.9 Å². The predicted molar refractivity (Wildman–Crippen MR) is 153 cm³/mol. The fraction of sp³-hybridized carbons (Fsp3) is 0.188. The molecule has 6 nitrogen and oxygen atoms in total. The van der Waals surface area contributed by atoms with Crippen molar-refractivity contribution >= 4 is 11.4 Å². The Morgan fingerprint density at radius 3 is 1.26 bits per heavy atom. The summed E-state index contributed by atoms with van der Waals surface area (Å²) >= 11 is 0. The van der Waals surface area contributed by atoms with Crippen molar-refractivity contribution in [1.82, 2.24) is 21.5 Å². The first kappa shape index (κ1) is 23.3. The molecule has 190 valence electrons. The average molecular weight is 501 g/mol. The number of hydrogen-bond acceptors (Lipinski definition) is 6. The molecule has 0 spiro atoms. The standard InChI is InChI=1S/C32H32N6/c1-5-13-23(14-6-1)31-33-27-21-28-30(22-29(27)37(35-31)25-17-9-3-10-18-25)38(26-19-11-4-12-20-26)36-32(34-28)24-15-7-2-8-16-24/h1-22,27-36H. The largest absolute Gasteiger partial charge is 0.317 e. The first-order chi connectivity index (χ1) is 18.8. The molecule has 2 aliphatic heterocycles. The average Bonchev–Trinajstić information content (AvgIpc) is 3.00. The number of hydrazine groups is 2. The summed E-state index contributed by atoms with van der Waals surface area (Å²) in [7, 11) is 0. The van der Waals surface area contributed by atoms with Gasteiger partial charge >= 0.3 is 0 Å². The molecule has 3 aliphatic rings. The molecule has 0 bridgehead atoms. The summed E-state index contributed by atoms with van der Waals surface area (Å²) in [5, 5.41) is 12.5. The summed E-state index contributed by atoms with van der Waals surface area (Å²) in [5.41, 5.74) is 12.3. The van der Waals surface area contributed by atoms with Gasteiger partial charge in [-0.3, -0.25) is 16.4 Å². The lowest BCUT2D eigenvalue weighted by atomic mass is 9.79. The lowest BCUT2D eigenvalue weighted by Crippen LogP contribution is -2.76. The third-order valence-electron chi connectivity index (χ3n) is 7.73. The quantitative estimate of drug-likeness (QED) is 0.310. The Balaban J connectivity index is 1.24. The number of nitrogens with zero attached hydrogens (tertiary/aromatic N) is 2. The Bertz CT molecular complexity index is 1220. The van der Waals surface area contributed by atoms with E-state index in [-0.39, 0.29) is 36.5 Å². The Hall–Kier alpha value is -3.81. The number of para-hydroxylation sites is 2. The van der Waals surface area contributed by atoms with Crippen molar-refractivity contribution in [3.05, 3.63) is 145 Å². The molecule has 1 aliphatic carbocycles. The topological polar surface area (TPSA) is 54.6 Å². The van der Waals surface area contributed by atoms with Crippen LogP contribution < -0.4 is 31.5 Å². The van der Waals surface area contributed by atoms with Crippen LogP contribution in [0, 0.1) is 12.8 Å². The van der Waals surface area contributed by atoms with Gasteiger partial charge in [-0.15, -0.1) is 0 Å². The Labute approximate surface area is 224 Å². The first-order valence-electron chi connectivity index (χ1n) is 13.4. The number of hydrogen-bond donors (Lipinski definition) is 4. The molecule has 2 heterocycles. The molecular weight excluding hydrogens is 468 g/mol. The van der Waals surface area contributed by atoms with Gasteiger partial charge in [0.15, 0.2) is 12.1 Å². The normalized spacial score (nSPS) is 28.6. The van der Waals surface area contributed by atoms with Crippen LogP contribution in [0.25, 0.3) is 0 Å². The van der Waals surface area contributed by atoms with Gasteiger partial charge in [-0.1, -0.05) is 97.1 Å². The minimum absolute atomic E-state index is 0.00396. The van der Waals surface area contributed by atoms with E-state index in [0.29, 0.717) is 0 Å². The molecule has 4 aromatic carbocycles. The lowest BCUT2D eigenvalue weighted by molar-refractivity contribution is 0.198. The Kier molecular flexibility index (Phi) is 6.23. The van der Waals surface area contributed by atoms with Crippen LogP contribution in [0.2, 0.25) is 0 Å². The number of fused-ring (bicyclic) bond motifs is 2. The molecule has 3 fully saturated rings. The van der Waals surface area contributed by atoms with E-state index in [0.717, 1.165) is 11.4 Å². The molecule has 0 amide bonds. The highest BCUT2D eigenvalue weighted by molar-refractivity contribution is 5.53. The van der Waals surface area contributed by atoms with E-state index in [4.69, 9.17) is 0 Å². The fourth-order valence-electron chi connectivity index (χ4n) is 5.91. The Morgan fingerprint density at radius 1 is 0.500 bits per heavy atom. The predicted octanol–water partition coefficient (Wildman–Crippen LogP) is 4.51. The summed E-state index contributed by atoms with van der Waals surface area (Å²) < 4.78 is 0. The van der Waals surface area contributed by atoms with Crippen molar-refractivity contribution in [2.75, 3.05) is 10.0 Å². The second-order valence-electron chi connectivity index (χ2n) is 10.1. The van der Waals surface area contributed by atoms with Gasteiger partial charge in [0.2, 0.25) is 0 Å². The van der Waals surface area contributed by atoms with Gasteiger partial charge in [0.05, 0.1) is 23.7 Å². The van der Waals surface area contributed by atoms with Crippen LogP contribution in [-0.2, 0) is 0 Å². The highest BCUT2D eigenvalue weighted by atomic mass is 15.6. The third-order valence-corrected chi connectivity index (χ3v) is 7.73. The number of anilines is 2. The van der Waals surface area contributed by atoms with Crippen LogP contribution in [-0.4, -0.2) is 24.2 Å². The minimum atomic E-state index is -0.00396. The van der Waals surface area contributed by atoms with E-state index >= 15 is 0 Å². The molecule has 38 heavy (non-hydrogen) atoms. The zero-order valence-electron chi connectivity index (χ0n) is 21.1. The number of benzene rings is 4. The SMILES string of the molecule is c1ccc(C2NC3[CH-]C4NC(c5ccccc5)NN(c5ccccc5)C4[CH+]C3N(c3ccccc3)N2)cc1.